The number of carbonyl (C=O) groups excluding carboxylic acids is 1. The lowest BCUT2D eigenvalue weighted by Crippen LogP contribution is -2.12. The summed E-state index contributed by atoms with van der Waals surface area (Å²) < 4.78 is 4.95. The molecule has 0 aliphatic carbocycles. The monoisotopic (exact) mass is 298 g/mol. The lowest BCUT2D eigenvalue weighted by atomic mass is 10.1. The van der Waals surface area contributed by atoms with Gasteiger partial charge in [-0.3, -0.25) is 4.79 Å². The van der Waals surface area contributed by atoms with E-state index in [1.54, 1.807) is 24.3 Å². The molecule has 0 saturated carbocycles. The van der Waals surface area contributed by atoms with Crippen LogP contribution >= 0.6 is 11.6 Å². The van der Waals surface area contributed by atoms with Gasteiger partial charge in [-0.2, -0.15) is 0 Å². The van der Waals surface area contributed by atoms with Crippen molar-refractivity contribution >= 4 is 23.2 Å². The molecule has 1 amide bonds. The second-order valence-corrected chi connectivity index (χ2v) is 4.84. The van der Waals surface area contributed by atoms with E-state index in [9.17, 15) is 4.79 Å². The summed E-state index contributed by atoms with van der Waals surface area (Å²) in [5.41, 5.74) is 2.38. The number of halogens is 1. The molecule has 0 aliphatic rings. The Labute approximate surface area is 126 Å². The molecular formula is C16H11ClN2O2. The van der Waals surface area contributed by atoms with Gasteiger partial charge in [-0.05, 0) is 24.3 Å². The normalized spacial score (nSPS) is 10.3. The first-order chi connectivity index (χ1) is 10.2. The maximum absolute atomic E-state index is 12.3. The molecule has 0 unspecified atom stereocenters. The first-order valence-corrected chi connectivity index (χ1v) is 6.68. The number of nitrogens with one attached hydrogen (secondary N) is 1. The van der Waals surface area contributed by atoms with Crippen molar-refractivity contribution in [2.75, 3.05) is 5.32 Å². The fourth-order valence-electron chi connectivity index (χ4n) is 1.93. The van der Waals surface area contributed by atoms with Gasteiger partial charge in [-0.25, -0.2) is 0 Å². The molecule has 0 atom stereocenters. The van der Waals surface area contributed by atoms with Gasteiger partial charge in [0.2, 0.25) is 0 Å². The lowest BCUT2D eigenvalue weighted by Gasteiger charge is -2.04. The highest BCUT2D eigenvalue weighted by molar-refractivity contribution is 6.30. The average molecular weight is 299 g/mol. The number of anilines is 1. The number of nitrogens with zero attached hydrogens (tertiary/aromatic N) is 1. The standard InChI is InChI=1S/C16H11ClN2O2/c17-12-6-8-13(9-7-12)18-16(20)14-10-21-19-15(14)11-4-2-1-3-5-11/h1-10H,(H,18,20). The van der Waals surface area contributed by atoms with Gasteiger partial charge in [0.15, 0.2) is 0 Å². The van der Waals surface area contributed by atoms with Crippen LogP contribution in [0.1, 0.15) is 10.4 Å². The molecule has 3 aromatic rings. The molecule has 1 N–H and O–H groups in total. The van der Waals surface area contributed by atoms with Crippen LogP contribution < -0.4 is 5.32 Å². The minimum absolute atomic E-state index is 0.280. The number of hydrogen-bond donors (Lipinski definition) is 1. The third-order valence-electron chi connectivity index (χ3n) is 2.96. The van der Waals surface area contributed by atoms with Crippen molar-refractivity contribution in [1.82, 2.24) is 5.16 Å². The van der Waals surface area contributed by atoms with Gasteiger partial charge in [0.05, 0.1) is 0 Å². The van der Waals surface area contributed by atoms with Gasteiger partial charge < -0.3 is 9.84 Å². The van der Waals surface area contributed by atoms with E-state index in [4.69, 9.17) is 16.1 Å². The van der Waals surface area contributed by atoms with Crippen LogP contribution in [-0.2, 0) is 0 Å². The molecule has 21 heavy (non-hydrogen) atoms. The smallest absolute Gasteiger partial charge is 0.261 e. The molecule has 0 fully saturated rings. The average Bonchev–Trinajstić information content (AvgIpc) is 3.00. The van der Waals surface area contributed by atoms with Crippen LogP contribution in [0.4, 0.5) is 5.69 Å². The molecular weight excluding hydrogens is 288 g/mol. The van der Waals surface area contributed by atoms with E-state index in [1.807, 2.05) is 30.3 Å². The first kappa shape index (κ1) is 13.4. The molecule has 0 aliphatic heterocycles. The van der Waals surface area contributed by atoms with Gasteiger partial charge in [0.1, 0.15) is 17.5 Å². The SMILES string of the molecule is O=C(Nc1ccc(Cl)cc1)c1conc1-c1ccccc1. The van der Waals surface area contributed by atoms with Crippen LogP contribution in [0, 0.1) is 0 Å². The van der Waals surface area contributed by atoms with Gasteiger partial charge in [0.25, 0.3) is 5.91 Å². The summed E-state index contributed by atoms with van der Waals surface area (Å²) in [5.74, 6) is -0.280. The van der Waals surface area contributed by atoms with Crippen molar-refractivity contribution < 1.29 is 9.32 Å². The number of carbonyl (C=O) groups is 1. The molecule has 1 heterocycles. The molecule has 4 nitrogen and oxygen atoms in total. The highest BCUT2D eigenvalue weighted by atomic mass is 35.5. The lowest BCUT2D eigenvalue weighted by molar-refractivity contribution is 0.102. The fourth-order valence-corrected chi connectivity index (χ4v) is 2.06. The summed E-state index contributed by atoms with van der Waals surface area (Å²) in [5, 5.41) is 7.30. The van der Waals surface area contributed by atoms with Crippen LogP contribution in [0.15, 0.2) is 65.4 Å². The highest BCUT2D eigenvalue weighted by Crippen LogP contribution is 2.23. The second-order valence-electron chi connectivity index (χ2n) is 4.40. The molecule has 3 rings (SSSR count). The number of benzene rings is 2. The Morgan fingerprint density at radius 1 is 1.05 bits per heavy atom. The summed E-state index contributed by atoms with van der Waals surface area (Å²) >= 11 is 5.82. The van der Waals surface area contributed by atoms with E-state index in [0.717, 1.165) is 5.56 Å². The van der Waals surface area contributed by atoms with E-state index < -0.39 is 0 Å². The third-order valence-corrected chi connectivity index (χ3v) is 3.22. The molecule has 0 radical (unpaired) electrons. The van der Waals surface area contributed by atoms with Crippen molar-refractivity contribution in [2.24, 2.45) is 0 Å². The predicted octanol–water partition coefficient (Wildman–Crippen LogP) is 4.25. The largest absolute Gasteiger partial charge is 0.363 e. The maximum atomic E-state index is 12.3. The Morgan fingerprint density at radius 3 is 2.48 bits per heavy atom. The van der Waals surface area contributed by atoms with Crippen molar-refractivity contribution in [2.45, 2.75) is 0 Å². The van der Waals surface area contributed by atoms with Crippen LogP contribution in [-0.4, -0.2) is 11.1 Å². The summed E-state index contributed by atoms with van der Waals surface area (Å²) in [6, 6.07) is 16.3. The first-order valence-electron chi connectivity index (χ1n) is 6.31. The Balaban J connectivity index is 1.86. The molecule has 5 heteroatoms. The number of rotatable bonds is 3. The minimum atomic E-state index is -0.280. The summed E-state index contributed by atoms with van der Waals surface area (Å²) in [6.45, 7) is 0. The number of aromatic nitrogens is 1. The van der Waals surface area contributed by atoms with Crippen molar-refractivity contribution in [3.05, 3.63) is 71.4 Å². The Hall–Kier alpha value is -2.59. The molecule has 0 bridgehead atoms. The predicted molar refractivity (Wildman–Crippen MR) is 81.3 cm³/mol. The van der Waals surface area contributed by atoms with Gasteiger partial charge in [-0.15, -0.1) is 0 Å². The van der Waals surface area contributed by atoms with Crippen LogP contribution in [0.2, 0.25) is 5.02 Å². The fraction of sp³-hybridized carbons (Fsp3) is 0. The van der Waals surface area contributed by atoms with Gasteiger partial charge in [0, 0.05) is 16.3 Å². The molecule has 0 spiro atoms. The zero-order valence-electron chi connectivity index (χ0n) is 10.9. The Morgan fingerprint density at radius 2 is 1.76 bits per heavy atom. The third kappa shape index (κ3) is 2.95. The number of hydrogen-bond acceptors (Lipinski definition) is 3. The zero-order valence-corrected chi connectivity index (χ0v) is 11.7. The summed E-state index contributed by atoms with van der Waals surface area (Å²) in [6.07, 6.45) is 1.34. The van der Waals surface area contributed by atoms with Gasteiger partial charge in [-0.1, -0.05) is 47.1 Å². The van der Waals surface area contributed by atoms with Crippen LogP contribution in [0.3, 0.4) is 0 Å². The summed E-state index contributed by atoms with van der Waals surface area (Å²) in [7, 11) is 0. The minimum Gasteiger partial charge on any atom is -0.363 e. The number of amides is 1. The van der Waals surface area contributed by atoms with E-state index >= 15 is 0 Å². The summed E-state index contributed by atoms with van der Waals surface area (Å²) in [4.78, 5) is 12.3. The van der Waals surface area contributed by atoms with E-state index in [-0.39, 0.29) is 5.91 Å². The van der Waals surface area contributed by atoms with Crippen molar-refractivity contribution in [1.29, 1.82) is 0 Å². The molecule has 2 aromatic carbocycles. The maximum Gasteiger partial charge on any atom is 0.261 e. The van der Waals surface area contributed by atoms with Crippen molar-refractivity contribution in [3.63, 3.8) is 0 Å². The topological polar surface area (TPSA) is 55.1 Å². The zero-order chi connectivity index (χ0) is 14.7. The van der Waals surface area contributed by atoms with E-state index in [0.29, 0.717) is 22.0 Å². The van der Waals surface area contributed by atoms with E-state index in [2.05, 4.69) is 10.5 Å². The van der Waals surface area contributed by atoms with Gasteiger partial charge >= 0.3 is 0 Å². The second kappa shape index (κ2) is 5.81. The molecule has 0 saturated heterocycles. The van der Waals surface area contributed by atoms with Crippen molar-refractivity contribution in [3.8, 4) is 11.3 Å². The quantitative estimate of drug-likeness (QED) is 0.786. The van der Waals surface area contributed by atoms with Crippen LogP contribution in [0.25, 0.3) is 11.3 Å². The molecule has 104 valence electrons. The Kier molecular flexibility index (Phi) is 3.71. The van der Waals surface area contributed by atoms with Crippen LogP contribution in [0.5, 0.6) is 0 Å². The molecule has 1 aromatic heterocycles. The highest BCUT2D eigenvalue weighted by Gasteiger charge is 2.17. The van der Waals surface area contributed by atoms with E-state index in [1.165, 1.54) is 6.26 Å². The Bertz CT molecular complexity index is 751.